The van der Waals surface area contributed by atoms with Crippen molar-refractivity contribution in [2.75, 3.05) is 6.54 Å². The lowest BCUT2D eigenvalue weighted by molar-refractivity contribution is 0.623. The molecule has 0 amide bonds. The Bertz CT molecular complexity index is 548. The summed E-state index contributed by atoms with van der Waals surface area (Å²) in [7, 11) is 0. The van der Waals surface area contributed by atoms with Gasteiger partial charge in [-0.3, -0.25) is 4.68 Å². The predicted molar refractivity (Wildman–Crippen MR) is 82.3 cm³/mol. The van der Waals surface area contributed by atoms with E-state index in [4.69, 9.17) is 0 Å². The maximum absolute atomic E-state index is 4.38. The summed E-state index contributed by atoms with van der Waals surface area (Å²) in [5, 5.41) is 7.91. The molecule has 4 heteroatoms. The summed E-state index contributed by atoms with van der Waals surface area (Å²) in [4.78, 5) is 0. The molecule has 1 heterocycles. The molecule has 0 saturated heterocycles. The largest absolute Gasteiger partial charge is 0.306 e. The average molecular weight is 322 g/mol. The zero-order valence-corrected chi connectivity index (χ0v) is 13.2. The van der Waals surface area contributed by atoms with E-state index in [-0.39, 0.29) is 6.04 Å². The van der Waals surface area contributed by atoms with E-state index in [1.54, 1.807) is 0 Å². The molecule has 0 aliphatic carbocycles. The van der Waals surface area contributed by atoms with Gasteiger partial charge in [-0.05, 0) is 32.0 Å². The van der Waals surface area contributed by atoms with Crippen molar-refractivity contribution in [2.45, 2.75) is 33.4 Å². The van der Waals surface area contributed by atoms with Crippen LogP contribution in [0.4, 0.5) is 0 Å². The zero-order valence-electron chi connectivity index (χ0n) is 11.7. The normalized spacial score (nSPS) is 12.6. The number of hydrogen-bond acceptors (Lipinski definition) is 2. The van der Waals surface area contributed by atoms with Crippen molar-refractivity contribution < 1.29 is 0 Å². The van der Waals surface area contributed by atoms with E-state index in [1.165, 1.54) is 16.7 Å². The molecule has 0 saturated carbocycles. The quantitative estimate of drug-likeness (QED) is 0.910. The SMILES string of the molecule is CCNC(c1cnn(CC)c1)c1cc(C)ccc1Br. The van der Waals surface area contributed by atoms with Crippen LogP contribution in [0.3, 0.4) is 0 Å². The highest BCUT2D eigenvalue weighted by atomic mass is 79.9. The third-order valence-corrected chi connectivity index (χ3v) is 3.90. The van der Waals surface area contributed by atoms with Gasteiger partial charge in [0.25, 0.3) is 0 Å². The summed E-state index contributed by atoms with van der Waals surface area (Å²) in [5.74, 6) is 0. The van der Waals surface area contributed by atoms with Crippen molar-refractivity contribution >= 4 is 15.9 Å². The van der Waals surface area contributed by atoms with Crippen LogP contribution in [-0.2, 0) is 6.54 Å². The summed E-state index contributed by atoms with van der Waals surface area (Å²) in [5.41, 5.74) is 3.73. The van der Waals surface area contributed by atoms with Crippen LogP contribution in [0.2, 0.25) is 0 Å². The molecule has 1 aromatic carbocycles. The van der Waals surface area contributed by atoms with Gasteiger partial charge in [-0.1, -0.05) is 40.5 Å². The van der Waals surface area contributed by atoms with Crippen LogP contribution in [-0.4, -0.2) is 16.3 Å². The molecule has 0 radical (unpaired) electrons. The zero-order chi connectivity index (χ0) is 13.8. The molecule has 1 unspecified atom stereocenters. The standard InChI is InChI=1S/C15H20BrN3/c1-4-17-15(12-9-18-19(5-2)10-12)13-8-11(3)6-7-14(13)16/h6-10,15,17H,4-5H2,1-3H3. The Morgan fingerprint density at radius 1 is 1.37 bits per heavy atom. The molecule has 0 fully saturated rings. The molecule has 2 aromatic rings. The van der Waals surface area contributed by atoms with Crippen LogP contribution in [0.25, 0.3) is 0 Å². The van der Waals surface area contributed by atoms with Crippen LogP contribution >= 0.6 is 15.9 Å². The van der Waals surface area contributed by atoms with E-state index in [9.17, 15) is 0 Å². The number of benzene rings is 1. The van der Waals surface area contributed by atoms with Gasteiger partial charge in [0.1, 0.15) is 0 Å². The summed E-state index contributed by atoms with van der Waals surface area (Å²) < 4.78 is 3.09. The maximum atomic E-state index is 4.38. The van der Waals surface area contributed by atoms with Gasteiger partial charge in [0.2, 0.25) is 0 Å². The van der Waals surface area contributed by atoms with Crippen LogP contribution in [0.15, 0.2) is 35.1 Å². The smallest absolute Gasteiger partial charge is 0.0619 e. The van der Waals surface area contributed by atoms with Crippen LogP contribution in [0.1, 0.15) is 36.6 Å². The van der Waals surface area contributed by atoms with Gasteiger partial charge >= 0.3 is 0 Å². The van der Waals surface area contributed by atoms with Gasteiger partial charge in [0, 0.05) is 22.8 Å². The van der Waals surface area contributed by atoms with Crippen molar-refractivity contribution in [3.8, 4) is 0 Å². The lowest BCUT2D eigenvalue weighted by Crippen LogP contribution is -2.22. The Balaban J connectivity index is 2.41. The van der Waals surface area contributed by atoms with Gasteiger partial charge < -0.3 is 5.32 Å². The Hall–Kier alpha value is -1.13. The highest BCUT2D eigenvalue weighted by molar-refractivity contribution is 9.10. The van der Waals surface area contributed by atoms with Gasteiger partial charge in [-0.2, -0.15) is 5.10 Å². The van der Waals surface area contributed by atoms with Crippen molar-refractivity contribution in [2.24, 2.45) is 0 Å². The minimum atomic E-state index is 0.180. The molecule has 0 spiro atoms. The molecule has 1 N–H and O–H groups in total. The van der Waals surface area contributed by atoms with Crippen LogP contribution in [0, 0.1) is 6.92 Å². The first-order valence-corrected chi connectivity index (χ1v) is 7.46. The van der Waals surface area contributed by atoms with Crippen molar-refractivity contribution in [1.82, 2.24) is 15.1 Å². The monoisotopic (exact) mass is 321 g/mol. The Labute approximate surface area is 123 Å². The number of aromatic nitrogens is 2. The molecule has 19 heavy (non-hydrogen) atoms. The summed E-state index contributed by atoms with van der Waals surface area (Å²) in [6.45, 7) is 8.16. The highest BCUT2D eigenvalue weighted by Crippen LogP contribution is 2.29. The van der Waals surface area contributed by atoms with E-state index in [0.717, 1.165) is 17.6 Å². The first kappa shape index (κ1) is 14.3. The van der Waals surface area contributed by atoms with Gasteiger partial charge in [0.05, 0.1) is 12.2 Å². The lowest BCUT2D eigenvalue weighted by Gasteiger charge is -2.19. The second-order valence-electron chi connectivity index (χ2n) is 4.65. The van der Waals surface area contributed by atoms with Crippen molar-refractivity contribution in [3.63, 3.8) is 0 Å². The third kappa shape index (κ3) is 3.25. The van der Waals surface area contributed by atoms with Gasteiger partial charge in [0.15, 0.2) is 0 Å². The van der Waals surface area contributed by atoms with Crippen molar-refractivity contribution in [3.05, 3.63) is 51.8 Å². The number of rotatable bonds is 5. The number of halogens is 1. The Kier molecular flexibility index (Phi) is 4.77. The second-order valence-corrected chi connectivity index (χ2v) is 5.50. The fourth-order valence-electron chi connectivity index (χ4n) is 2.20. The average Bonchev–Trinajstić information content (AvgIpc) is 2.88. The third-order valence-electron chi connectivity index (χ3n) is 3.18. The van der Waals surface area contributed by atoms with E-state index < -0.39 is 0 Å². The first-order chi connectivity index (χ1) is 9.15. The lowest BCUT2D eigenvalue weighted by atomic mass is 10.00. The van der Waals surface area contributed by atoms with Crippen LogP contribution in [0.5, 0.6) is 0 Å². The van der Waals surface area contributed by atoms with E-state index in [1.807, 2.05) is 10.9 Å². The molecule has 3 nitrogen and oxygen atoms in total. The molecule has 1 aromatic heterocycles. The molecule has 2 rings (SSSR count). The first-order valence-electron chi connectivity index (χ1n) is 6.67. The van der Waals surface area contributed by atoms with Gasteiger partial charge in [-0.25, -0.2) is 0 Å². The van der Waals surface area contributed by atoms with Crippen LogP contribution < -0.4 is 5.32 Å². The summed E-state index contributed by atoms with van der Waals surface area (Å²) >= 11 is 3.66. The molecular formula is C15H20BrN3. The minimum Gasteiger partial charge on any atom is -0.306 e. The summed E-state index contributed by atoms with van der Waals surface area (Å²) in [6, 6.07) is 6.63. The van der Waals surface area contributed by atoms with Crippen molar-refractivity contribution in [1.29, 1.82) is 0 Å². The minimum absolute atomic E-state index is 0.180. The molecule has 0 aliphatic rings. The van der Waals surface area contributed by atoms with E-state index in [2.05, 4.69) is 71.5 Å². The highest BCUT2D eigenvalue weighted by Gasteiger charge is 2.17. The predicted octanol–water partition coefficient (Wildman–Crippen LogP) is 3.67. The fraction of sp³-hybridized carbons (Fsp3) is 0.400. The Morgan fingerprint density at radius 2 is 2.16 bits per heavy atom. The summed E-state index contributed by atoms with van der Waals surface area (Å²) in [6.07, 6.45) is 4.06. The maximum Gasteiger partial charge on any atom is 0.0619 e. The second kappa shape index (κ2) is 6.35. The molecule has 102 valence electrons. The Morgan fingerprint density at radius 3 is 2.79 bits per heavy atom. The molecular weight excluding hydrogens is 302 g/mol. The number of nitrogens with zero attached hydrogens (tertiary/aromatic N) is 2. The van der Waals surface area contributed by atoms with E-state index >= 15 is 0 Å². The fourth-order valence-corrected chi connectivity index (χ4v) is 2.67. The molecule has 0 aliphatic heterocycles. The van der Waals surface area contributed by atoms with E-state index in [0.29, 0.717) is 0 Å². The molecule has 1 atom stereocenters. The number of nitrogens with one attached hydrogen (secondary N) is 1. The topological polar surface area (TPSA) is 29.9 Å². The number of aryl methyl sites for hydroxylation is 2. The number of hydrogen-bond donors (Lipinski definition) is 1. The van der Waals surface area contributed by atoms with Gasteiger partial charge in [-0.15, -0.1) is 0 Å². The molecule has 0 bridgehead atoms.